The highest BCUT2D eigenvalue weighted by atomic mass is 28.4. The summed E-state index contributed by atoms with van der Waals surface area (Å²) in [5.74, 6) is -0.397. The predicted molar refractivity (Wildman–Crippen MR) is 146 cm³/mol. The molecule has 0 N–H and O–H groups in total. The molecule has 0 aliphatic heterocycles. The summed E-state index contributed by atoms with van der Waals surface area (Å²) in [6, 6.07) is 9.71. The van der Waals surface area contributed by atoms with E-state index >= 15 is 0 Å². The van der Waals surface area contributed by atoms with Crippen LogP contribution in [0.4, 0.5) is 0 Å². The average molecular weight is 513 g/mol. The van der Waals surface area contributed by atoms with Crippen LogP contribution in [0.1, 0.15) is 48.4 Å². The number of carbonyl (C=O) groups is 2. The zero-order valence-electron chi connectivity index (χ0n) is 22.4. The minimum atomic E-state index is -1.98. The van der Waals surface area contributed by atoms with E-state index in [0.717, 1.165) is 0 Å². The van der Waals surface area contributed by atoms with Crippen LogP contribution in [0.2, 0.25) is 39.3 Å². The molecule has 0 saturated carbocycles. The monoisotopic (exact) mass is 512 g/mol. The van der Waals surface area contributed by atoms with Crippen molar-refractivity contribution in [2.24, 2.45) is 0 Å². The fraction of sp³-hybridized carbons (Fsp3) is 0.444. The van der Waals surface area contributed by atoms with Gasteiger partial charge in [-0.15, -0.1) is 0 Å². The van der Waals surface area contributed by atoms with Gasteiger partial charge in [0.1, 0.15) is 22.4 Å². The molecule has 0 saturated heterocycles. The van der Waals surface area contributed by atoms with Gasteiger partial charge in [0.25, 0.3) is 0 Å². The molecule has 2 aromatic carbocycles. The lowest BCUT2D eigenvalue weighted by atomic mass is 9.94. The van der Waals surface area contributed by atoms with E-state index in [0.29, 0.717) is 22.3 Å². The summed E-state index contributed by atoms with van der Waals surface area (Å²) in [4.78, 5) is 39.9. The summed E-state index contributed by atoms with van der Waals surface area (Å²) < 4.78 is 18.2. The Balaban J connectivity index is 2.09. The Bertz CT molecular complexity index is 1270. The van der Waals surface area contributed by atoms with Gasteiger partial charge in [0, 0.05) is 11.1 Å². The molecule has 3 rings (SSSR count). The van der Waals surface area contributed by atoms with Crippen LogP contribution in [0, 0.1) is 0 Å². The van der Waals surface area contributed by atoms with Crippen molar-refractivity contribution in [3.63, 3.8) is 0 Å². The maximum absolute atomic E-state index is 13.5. The molecule has 0 aliphatic rings. The maximum Gasteiger partial charge on any atom is 0.200 e. The number of hydrogen-bond acceptors (Lipinski definition) is 6. The van der Waals surface area contributed by atoms with Crippen molar-refractivity contribution in [2.45, 2.75) is 78.2 Å². The number of carbonyl (C=O) groups excluding carboxylic acids is 2. The van der Waals surface area contributed by atoms with Crippen LogP contribution in [-0.4, -0.2) is 39.4 Å². The highest BCUT2D eigenvalue weighted by molar-refractivity contribution is 6.70. The van der Waals surface area contributed by atoms with Gasteiger partial charge >= 0.3 is 0 Å². The topological polar surface area (TPSA) is 82.8 Å². The second-order valence-electron chi connectivity index (χ2n) is 12.0. The number of benzene rings is 2. The zero-order valence-corrected chi connectivity index (χ0v) is 24.4. The first-order chi connectivity index (χ1) is 15.8. The minimum Gasteiger partial charge on any atom is -0.456 e. The molecule has 35 heavy (non-hydrogen) atoms. The van der Waals surface area contributed by atoms with E-state index in [9.17, 15) is 14.4 Å². The molecule has 0 aliphatic carbocycles. The highest BCUT2D eigenvalue weighted by Crippen LogP contribution is 2.27. The first-order valence-electron chi connectivity index (χ1n) is 11.8. The molecule has 0 radical (unpaired) electrons. The normalized spacial score (nSPS) is 13.4. The van der Waals surface area contributed by atoms with Crippen LogP contribution >= 0.6 is 0 Å². The summed E-state index contributed by atoms with van der Waals surface area (Å²) in [6.07, 6.45) is 0. The maximum atomic E-state index is 13.5. The Labute approximate surface area is 208 Å². The van der Waals surface area contributed by atoms with E-state index in [1.54, 1.807) is 64.1 Å². The van der Waals surface area contributed by atoms with Gasteiger partial charge in [-0.25, -0.2) is 0 Å². The van der Waals surface area contributed by atoms with E-state index in [1.165, 1.54) is 0 Å². The third kappa shape index (κ3) is 6.06. The lowest BCUT2D eigenvalue weighted by molar-refractivity contribution is 0.0557. The second-order valence-corrected chi connectivity index (χ2v) is 20.8. The van der Waals surface area contributed by atoms with Crippen molar-refractivity contribution in [3.8, 4) is 0 Å². The van der Waals surface area contributed by atoms with Gasteiger partial charge in [0.15, 0.2) is 28.2 Å². The molecule has 1 aromatic heterocycles. The van der Waals surface area contributed by atoms with Crippen molar-refractivity contribution in [1.29, 1.82) is 0 Å². The van der Waals surface area contributed by atoms with Crippen molar-refractivity contribution < 1.29 is 22.9 Å². The first-order valence-corrected chi connectivity index (χ1v) is 18.6. The average Bonchev–Trinajstić information content (AvgIpc) is 2.69. The third-order valence-corrected chi connectivity index (χ3v) is 7.65. The number of Topliss-reactive ketones (excluding diaryl/α,β-unsaturated/α-hetero) is 2. The van der Waals surface area contributed by atoms with Crippen LogP contribution in [0.25, 0.3) is 21.9 Å². The summed E-state index contributed by atoms with van der Waals surface area (Å²) in [6.45, 7) is 19.2. The smallest absolute Gasteiger partial charge is 0.200 e. The van der Waals surface area contributed by atoms with Crippen molar-refractivity contribution in [1.82, 2.24) is 0 Å². The molecule has 0 atom stereocenters. The molecule has 188 valence electrons. The van der Waals surface area contributed by atoms with E-state index in [-0.39, 0.29) is 27.8 Å². The molecule has 0 spiro atoms. The Morgan fingerprint density at radius 1 is 0.686 bits per heavy atom. The summed E-state index contributed by atoms with van der Waals surface area (Å²) in [7, 11) is -3.96. The largest absolute Gasteiger partial charge is 0.456 e. The molecular formula is C27H36O6Si2. The SMILES string of the molecule is CC(C)(O[Si](C)(C)C)C(=O)c1ccc2oc3ccc(C(=O)C(C)(C)O[Si](C)(C)C)cc3c(=O)c2c1. The molecule has 8 heteroatoms. The van der Waals surface area contributed by atoms with Crippen LogP contribution < -0.4 is 5.43 Å². The number of hydrogen-bond donors (Lipinski definition) is 0. The zero-order chi connectivity index (χ0) is 26.6. The van der Waals surface area contributed by atoms with Gasteiger partial charge in [-0.05, 0) is 103 Å². The lowest BCUT2D eigenvalue weighted by Crippen LogP contribution is -2.44. The number of fused-ring (bicyclic) bond motifs is 2. The minimum absolute atomic E-state index is 0.199. The van der Waals surface area contributed by atoms with Gasteiger partial charge in [0.2, 0.25) is 5.43 Å². The first kappa shape index (κ1) is 27.2. The highest BCUT2D eigenvalue weighted by Gasteiger charge is 2.36. The fourth-order valence-electron chi connectivity index (χ4n) is 4.46. The quantitative estimate of drug-likeness (QED) is 0.193. The number of ketones is 2. The van der Waals surface area contributed by atoms with Crippen LogP contribution in [0.5, 0.6) is 0 Å². The van der Waals surface area contributed by atoms with Gasteiger partial charge in [0.05, 0.1) is 10.8 Å². The van der Waals surface area contributed by atoms with Crippen LogP contribution in [-0.2, 0) is 8.85 Å². The molecule has 0 bridgehead atoms. The van der Waals surface area contributed by atoms with E-state index in [4.69, 9.17) is 13.3 Å². The second kappa shape index (κ2) is 8.92. The molecule has 0 unspecified atom stereocenters. The van der Waals surface area contributed by atoms with Gasteiger partial charge in [-0.2, -0.15) is 0 Å². The molecule has 6 nitrogen and oxygen atoms in total. The molecular weight excluding hydrogens is 476 g/mol. The van der Waals surface area contributed by atoms with E-state index in [2.05, 4.69) is 0 Å². The predicted octanol–water partition coefficient (Wildman–Crippen LogP) is 6.57. The van der Waals surface area contributed by atoms with Crippen LogP contribution in [0.15, 0.2) is 45.6 Å². The summed E-state index contributed by atoms with van der Waals surface area (Å²) >= 11 is 0. The third-order valence-electron chi connectivity index (χ3n) is 5.41. The van der Waals surface area contributed by atoms with E-state index < -0.39 is 27.8 Å². The van der Waals surface area contributed by atoms with Crippen LogP contribution in [0.3, 0.4) is 0 Å². The lowest BCUT2D eigenvalue weighted by Gasteiger charge is -2.31. The van der Waals surface area contributed by atoms with E-state index in [1.807, 2.05) is 39.3 Å². The Kier molecular flexibility index (Phi) is 6.93. The Hall–Kier alpha value is -2.40. The number of rotatable bonds is 8. The fourth-order valence-corrected chi connectivity index (χ4v) is 7.70. The molecule has 0 fully saturated rings. The molecule has 0 amide bonds. The Morgan fingerprint density at radius 2 is 1.03 bits per heavy atom. The van der Waals surface area contributed by atoms with Crippen molar-refractivity contribution in [2.75, 3.05) is 0 Å². The van der Waals surface area contributed by atoms with Crippen molar-refractivity contribution in [3.05, 3.63) is 57.7 Å². The standard InChI is InChI=1S/C27H36O6Si2/c1-26(2,32-34(5,6)7)24(29)17-11-13-21-19(15-17)23(28)20-16-18(12-14-22(20)31-21)25(30)27(3,4)33-35(8,9)10/h11-16H,1-10H3. The van der Waals surface area contributed by atoms with Gasteiger partial charge in [-0.3, -0.25) is 14.4 Å². The summed E-state index contributed by atoms with van der Waals surface area (Å²) in [5, 5.41) is 0.573. The van der Waals surface area contributed by atoms with Crippen molar-refractivity contribution >= 4 is 50.1 Å². The molecule has 3 aromatic rings. The Morgan fingerprint density at radius 3 is 1.34 bits per heavy atom. The molecule has 1 heterocycles. The van der Waals surface area contributed by atoms with Gasteiger partial charge in [-0.1, -0.05) is 0 Å². The van der Waals surface area contributed by atoms with Gasteiger partial charge < -0.3 is 13.3 Å². The summed E-state index contributed by atoms with van der Waals surface area (Å²) in [5.41, 5.74) is -0.811.